The van der Waals surface area contributed by atoms with Gasteiger partial charge < -0.3 is 9.15 Å². The summed E-state index contributed by atoms with van der Waals surface area (Å²) in [7, 11) is -3.92. The fourth-order valence-corrected chi connectivity index (χ4v) is 4.74. The third-order valence-electron chi connectivity index (χ3n) is 5.79. The zero-order valence-corrected chi connectivity index (χ0v) is 20.3. The van der Waals surface area contributed by atoms with Gasteiger partial charge >= 0.3 is 11.6 Å². The second-order valence-corrected chi connectivity index (χ2v) is 9.97. The van der Waals surface area contributed by atoms with E-state index in [0.717, 1.165) is 22.9 Å². The van der Waals surface area contributed by atoms with Crippen molar-refractivity contribution >= 4 is 27.0 Å². The second-order valence-electron chi connectivity index (χ2n) is 8.26. The van der Waals surface area contributed by atoms with E-state index in [1.54, 1.807) is 38.1 Å². The van der Waals surface area contributed by atoms with E-state index in [1.807, 2.05) is 20.8 Å². The summed E-state index contributed by atoms with van der Waals surface area (Å²) in [6, 6.07) is 8.70. The molecule has 1 aromatic heterocycles. The predicted octanol–water partition coefficient (Wildman–Crippen LogP) is 4.47. The quantitative estimate of drug-likeness (QED) is 0.295. The largest absolute Gasteiger partial charge is 0.425 e. The number of hydrogen-bond acceptors (Lipinski definition) is 6. The van der Waals surface area contributed by atoms with Crippen LogP contribution in [0.15, 0.2) is 50.5 Å². The minimum Gasteiger partial charge on any atom is -0.425 e. The molecule has 0 bridgehead atoms. The Bertz CT molecular complexity index is 1340. The Kier molecular flexibility index (Phi) is 7.39. The van der Waals surface area contributed by atoms with Gasteiger partial charge in [-0.15, -0.1) is 0 Å². The van der Waals surface area contributed by atoms with Crippen LogP contribution >= 0.6 is 0 Å². The number of benzene rings is 2. The van der Waals surface area contributed by atoms with Crippen molar-refractivity contribution in [2.45, 2.75) is 64.8 Å². The first kappa shape index (κ1) is 24.7. The highest BCUT2D eigenvalue weighted by Gasteiger charge is 2.28. The average Bonchev–Trinajstić information content (AvgIpc) is 2.77. The lowest BCUT2D eigenvalue weighted by Gasteiger charge is -2.18. The Labute approximate surface area is 193 Å². The smallest absolute Gasteiger partial charge is 0.339 e. The van der Waals surface area contributed by atoms with Gasteiger partial charge in [-0.2, -0.15) is 4.72 Å². The van der Waals surface area contributed by atoms with E-state index < -0.39 is 27.7 Å². The van der Waals surface area contributed by atoms with Crippen LogP contribution in [0.2, 0.25) is 0 Å². The minimum atomic E-state index is -3.92. The molecule has 0 aliphatic heterocycles. The van der Waals surface area contributed by atoms with Crippen LogP contribution in [0.25, 0.3) is 11.0 Å². The molecule has 176 valence electrons. The van der Waals surface area contributed by atoms with Crippen molar-refractivity contribution in [3.63, 3.8) is 0 Å². The number of carbonyl (C=O) groups is 1. The molecule has 0 saturated carbocycles. The maximum Gasteiger partial charge on any atom is 0.339 e. The average molecular weight is 472 g/mol. The molecule has 0 saturated heterocycles. The fourth-order valence-electron chi connectivity index (χ4n) is 3.52. The lowest BCUT2D eigenvalue weighted by Crippen LogP contribution is -2.43. The van der Waals surface area contributed by atoms with E-state index in [9.17, 15) is 18.0 Å². The zero-order chi connectivity index (χ0) is 24.3. The third-order valence-corrected chi connectivity index (χ3v) is 7.28. The lowest BCUT2D eigenvalue weighted by atomic mass is 10.0. The molecule has 0 aliphatic rings. The van der Waals surface area contributed by atoms with Crippen LogP contribution in [0.3, 0.4) is 0 Å². The summed E-state index contributed by atoms with van der Waals surface area (Å²) in [6.45, 7) is 9.04. The molecule has 2 aromatic carbocycles. The molecule has 3 aromatic rings. The molecule has 1 heterocycles. The maximum absolute atomic E-state index is 13.0. The van der Waals surface area contributed by atoms with Crippen LogP contribution < -0.4 is 15.1 Å². The summed E-state index contributed by atoms with van der Waals surface area (Å²) in [5.41, 5.74) is 2.65. The SMILES string of the molecule is CCCCC(NS(=O)(=O)c1ccc(C)cc1)C(=O)Oc1ccc2c(C)c(C)c(=O)oc2c1C. The first-order valence-corrected chi connectivity index (χ1v) is 12.4. The van der Waals surface area contributed by atoms with Crippen molar-refractivity contribution in [2.75, 3.05) is 0 Å². The molecule has 0 fully saturated rings. The van der Waals surface area contributed by atoms with Crippen LogP contribution in [0.5, 0.6) is 5.75 Å². The molecule has 1 atom stereocenters. The molecule has 33 heavy (non-hydrogen) atoms. The Morgan fingerprint density at radius 1 is 1.00 bits per heavy atom. The first-order valence-electron chi connectivity index (χ1n) is 10.9. The number of hydrogen-bond donors (Lipinski definition) is 1. The molecular weight excluding hydrogens is 442 g/mol. The highest BCUT2D eigenvalue weighted by Crippen LogP contribution is 2.29. The van der Waals surface area contributed by atoms with Crippen molar-refractivity contribution in [1.29, 1.82) is 0 Å². The summed E-state index contributed by atoms with van der Waals surface area (Å²) in [5, 5.41) is 0.756. The topological polar surface area (TPSA) is 103 Å². The summed E-state index contributed by atoms with van der Waals surface area (Å²) >= 11 is 0. The molecule has 0 aliphatic carbocycles. The van der Waals surface area contributed by atoms with E-state index in [4.69, 9.17) is 9.15 Å². The first-order chi connectivity index (χ1) is 15.5. The standard InChI is InChI=1S/C25H29NO6S/c1-6-7-8-21(26-33(29,30)19-11-9-15(2)10-12-19)25(28)31-22-14-13-20-16(3)17(4)24(27)32-23(20)18(22)5/h9-14,21,26H,6-8H2,1-5H3. The number of ether oxygens (including phenoxy) is 1. The minimum absolute atomic E-state index is 0.0805. The van der Waals surface area contributed by atoms with Crippen molar-refractivity contribution in [2.24, 2.45) is 0 Å². The van der Waals surface area contributed by atoms with Gasteiger partial charge in [-0.1, -0.05) is 37.5 Å². The summed E-state index contributed by atoms with van der Waals surface area (Å²) in [4.78, 5) is 25.2. The Balaban J connectivity index is 1.90. The van der Waals surface area contributed by atoms with Gasteiger partial charge in [-0.25, -0.2) is 18.0 Å². The van der Waals surface area contributed by atoms with Gasteiger partial charge in [0.15, 0.2) is 0 Å². The Morgan fingerprint density at radius 3 is 2.30 bits per heavy atom. The molecule has 1 N–H and O–H groups in total. The highest BCUT2D eigenvalue weighted by atomic mass is 32.2. The predicted molar refractivity (Wildman–Crippen MR) is 127 cm³/mol. The van der Waals surface area contributed by atoms with Crippen LogP contribution in [0.4, 0.5) is 0 Å². The van der Waals surface area contributed by atoms with Gasteiger partial charge in [0.2, 0.25) is 10.0 Å². The van der Waals surface area contributed by atoms with Crippen molar-refractivity contribution in [1.82, 2.24) is 4.72 Å². The van der Waals surface area contributed by atoms with E-state index >= 15 is 0 Å². The van der Waals surface area contributed by atoms with Gasteiger partial charge in [-0.3, -0.25) is 0 Å². The van der Waals surface area contributed by atoms with Gasteiger partial charge in [0.25, 0.3) is 0 Å². The number of rotatable bonds is 8. The van der Waals surface area contributed by atoms with Crippen LogP contribution in [0.1, 0.15) is 48.4 Å². The number of carbonyl (C=O) groups excluding carboxylic acids is 1. The summed E-state index contributed by atoms with van der Waals surface area (Å²) < 4.78 is 39.2. The number of sulfonamides is 1. The van der Waals surface area contributed by atoms with Crippen molar-refractivity contribution < 1.29 is 22.4 Å². The Morgan fingerprint density at radius 2 is 1.67 bits per heavy atom. The van der Waals surface area contributed by atoms with Gasteiger partial charge in [-0.05, 0) is 63.9 Å². The number of nitrogens with one attached hydrogen (secondary N) is 1. The van der Waals surface area contributed by atoms with Crippen molar-refractivity contribution in [3.05, 3.63) is 69.1 Å². The third kappa shape index (κ3) is 5.34. The number of unbranched alkanes of at least 4 members (excludes halogenated alkanes) is 1. The number of esters is 1. The molecule has 0 radical (unpaired) electrons. The summed E-state index contributed by atoms with van der Waals surface area (Å²) in [6.07, 6.45) is 1.72. The van der Waals surface area contributed by atoms with Gasteiger partial charge in [0, 0.05) is 16.5 Å². The molecular formula is C25H29NO6S. The Hall–Kier alpha value is -2.97. The van der Waals surface area contributed by atoms with Crippen LogP contribution in [-0.4, -0.2) is 20.4 Å². The second kappa shape index (κ2) is 9.89. The molecule has 0 amide bonds. The highest BCUT2D eigenvalue weighted by molar-refractivity contribution is 7.89. The molecule has 8 heteroatoms. The summed E-state index contributed by atoms with van der Waals surface area (Å²) in [5.74, 6) is -0.497. The molecule has 1 unspecified atom stereocenters. The fraction of sp³-hybridized carbons (Fsp3) is 0.360. The number of fused-ring (bicyclic) bond motifs is 1. The normalized spacial score (nSPS) is 12.6. The van der Waals surface area contributed by atoms with Crippen molar-refractivity contribution in [3.8, 4) is 5.75 Å². The number of aryl methyl sites for hydroxylation is 3. The van der Waals surface area contributed by atoms with Gasteiger partial charge in [0.05, 0.1) is 4.90 Å². The van der Waals surface area contributed by atoms with E-state index in [2.05, 4.69) is 4.72 Å². The van der Waals surface area contributed by atoms with Crippen LogP contribution in [0, 0.1) is 27.7 Å². The van der Waals surface area contributed by atoms with E-state index in [1.165, 1.54) is 12.1 Å². The molecule has 3 rings (SSSR count). The van der Waals surface area contributed by atoms with E-state index in [0.29, 0.717) is 29.6 Å². The maximum atomic E-state index is 13.0. The molecule has 7 nitrogen and oxygen atoms in total. The van der Waals surface area contributed by atoms with E-state index in [-0.39, 0.29) is 10.6 Å². The monoisotopic (exact) mass is 471 g/mol. The van der Waals surface area contributed by atoms with Gasteiger partial charge in [0.1, 0.15) is 17.4 Å². The van der Waals surface area contributed by atoms with Crippen LogP contribution in [-0.2, 0) is 14.8 Å². The molecule has 0 spiro atoms. The lowest BCUT2D eigenvalue weighted by molar-refractivity contribution is -0.136. The zero-order valence-electron chi connectivity index (χ0n) is 19.5.